The number of hydrogen-bond acceptors (Lipinski definition) is 4. The van der Waals surface area contributed by atoms with E-state index in [2.05, 4.69) is 0 Å². The fraction of sp³-hybridized carbons (Fsp3) is 0.162. The Hall–Kier alpha value is -4.79. The monoisotopic (exact) mass is 654 g/mol. The van der Waals surface area contributed by atoms with Crippen molar-refractivity contribution in [3.05, 3.63) is 138 Å². The first-order chi connectivity index (χ1) is 22.5. The van der Waals surface area contributed by atoms with E-state index in [9.17, 15) is 33.7 Å². The number of aromatic hydroxyl groups is 1. The van der Waals surface area contributed by atoms with Gasteiger partial charge in [0.15, 0.2) is 0 Å². The van der Waals surface area contributed by atoms with Crippen LogP contribution in [0.25, 0.3) is 22.3 Å². The lowest BCUT2D eigenvalue weighted by atomic mass is 9.98. The topological polar surface area (TPSA) is 122 Å². The number of urea groups is 1. The van der Waals surface area contributed by atoms with Gasteiger partial charge in [-0.05, 0) is 76.7 Å². The molecule has 0 radical (unpaired) electrons. The highest BCUT2D eigenvalue weighted by atomic mass is 31.2. The SMILES string of the molecule is CCC(O)c1ccc(F)cc1.CN1CC(c2ccc(-c3ccc(P(=O)(O)O)cc3)cc2O)N(c2ccc(-c3ccccc3)cc2)C1=O. The van der Waals surface area contributed by atoms with Gasteiger partial charge in [0, 0.05) is 24.8 Å². The van der Waals surface area contributed by atoms with Crippen LogP contribution in [0.1, 0.15) is 36.6 Å². The van der Waals surface area contributed by atoms with Crippen LogP contribution < -0.4 is 10.2 Å². The van der Waals surface area contributed by atoms with Crippen molar-refractivity contribution in [2.45, 2.75) is 25.5 Å². The van der Waals surface area contributed by atoms with Crippen molar-refractivity contribution in [3.8, 4) is 28.0 Å². The summed E-state index contributed by atoms with van der Waals surface area (Å²) in [5.74, 6) is -0.220. The first-order valence-electron chi connectivity index (χ1n) is 15.1. The van der Waals surface area contributed by atoms with E-state index in [1.165, 1.54) is 24.3 Å². The average molecular weight is 655 g/mol. The van der Waals surface area contributed by atoms with Gasteiger partial charge in [-0.3, -0.25) is 9.46 Å². The molecule has 4 N–H and O–H groups in total. The third-order valence-corrected chi connectivity index (χ3v) is 9.08. The lowest BCUT2D eigenvalue weighted by molar-refractivity contribution is 0.173. The van der Waals surface area contributed by atoms with Gasteiger partial charge in [-0.2, -0.15) is 0 Å². The van der Waals surface area contributed by atoms with Crippen molar-refractivity contribution in [1.29, 1.82) is 0 Å². The third kappa shape index (κ3) is 7.79. The Morgan fingerprint density at radius 1 is 0.809 bits per heavy atom. The Bertz CT molecular complexity index is 1860. The number of likely N-dealkylation sites (N-methyl/N-ethyl adjacent to an activating group) is 1. The zero-order valence-corrected chi connectivity index (χ0v) is 26.8. The minimum absolute atomic E-state index is 0.0468. The largest absolute Gasteiger partial charge is 0.508 e. The molecule has 2 amide bonds. The van der Waals surface area contributed by atoms with Gasteiger partial charge in [0.2, 0.25) is 0 Å². The standard InChI is InChI=1S/C28H25N2O5P.C9H11FO/c1-29-18-26(30(28(29)32)23-12-7-20(8-13-23)19-5-3-2-4-6-19)25-16-11-22(17-27(25)31)21-9-14-24(15-10-21)36(33,34)35;1-2-9(11)7-3-5-8(10)6-4-7/h2-17,26,31H,18H2,1H3,(H2,33,34,35);3-6,9,11H,2H2,1H3. The number of halogens is 1. The van der Waals surface area contributed by atoms with Crippen LogP contribution in [-0.2, 0) is 4.57 Å². The number of nitrogens with zero attached hydrogens (tertiary/aromatic N) is 2. The minimum atomic E-state index is -4.32. The Kier molecular flexibility index (Phi) is 10.2. The summed E-state index contributed by atoms with van der Waals surface area (Å²) >= 11 is 0. The highest BCUT2D eigenvalue weighted by Crippen LogP contribution is 2.40. The Morgan fingerprint density at radius 2 is 1.36 bits per heavy atom. The number of rotatable bonds is 7. The number of anilines is 1. The summed E-state index contributed by atoms with van der Waals surface area (Å²) < 4.78 is 23.8. The molecule has 0 spiro atoms. The molecule has 1 saturated heterocycles. The molecule has 6 rings (SSSR count). The van der Waals surface area contributed by atoms with E-state index < -0.39 is 13.7 Å². The van der Waals surface area contributed by atoms with Gasteiger partial charge in [0.1, 0.15) is 11.6 Å². The number of phenols is 1. The van der Waals surface area contributed by atoms with Crippen LogP contribution in [0.15, 0.2) is 121 Å². The smallest absolute Gasteiger partial charge is 0.356 e. The zero-order valence-electron chi connectivity index (χ0n) is 25.9. The zero-order chi connectivity index (χ0) is 33.7. The molecule has 2 unspecified atom stereocenters. The molecule has 1 aliphatic rings. The Morgan fingerprint density at radius 3 is 1.94 bits per heavy atom. The van der Waals surface area contributed by atoms with Crippen LogP contribution in [-0.4, -0.2) is 44.5 Å². The van der Waals surface area contributed by atoms with Crippen LogP contribution in [0.5, 0.6) is 5.75 Å². The molecule has 5 aromatic carbocycles. The van der Waals surface area contributed by atoms with E-state index in [1.54, 1.807) is 53.2 Å². The van der Waals surface area contributed by atoms with Gasteiger partial charge in [-0.25, -0.2) is 9.18 Å². The minimum Gasteiger partial charge on any atom is -0.508 e. The molecular weight excluding hydrogens is 618 g/mol. The third-order valence-electron chi connectivity index (χ3n) is 8.11. The number of aliphatic hydroxyl groups is 1. The molecule has 242 valence electrons. The Labute approximate surface area is 273 Å². The summed E-state index contributed by atoms with van der Waals surface area (Å²) in [6, 6.07) is 34.4. The number of phenolic OH excluding ortho intramolecular Hbond substituents is 1. The van der Waals surface area contributed by atoms with Crippen molar-refractivity contribution >= 4 is 24.6 Å². The highest BCUT2D eigenvalue weighted by Gasteiger charge is 2.38. The van der Waals surface area contributed by atoms with Crippen molar-refractivity contribution in [2.24, 2.45) is 0 Å². The number of carbonyl (C=O) groups excluding carboxylic acids is 1. The van der Waals surface area contributed by atoms with Crippen LogP contribution in [0, 0.1) is 5.82 Å². The van der Waals surface area contributed by atoms with Crippen LogP contribution >= 0.6 is 7.60 Å². The normalized spacial score (nSPS) is 15.3. The molecule has 2 atom stereocenters. The van der Waals surface area contributed by atoms with Gasteiger partial charge in [0.25, 0.3) is 0 Å². The second kappa shape index (κ2) is 14.3. The molecule has 47 heavy (non-hydrogen) atoms. The summed E-state index contributed by atoms with van der Waals surface area (Å²) in [4.78, 5) is 35.0. The fourth-order valence-electron chi connectivity index (χ4n) is 5.48. The second-order valence-corrected chi connectivity index (χ2v) is 12.9. The number of hydrogen-bond donors (Lipinski definition) is 4. The molecule has 0 saturated carbocycles. The van der Waals surface area contributed by atoms with Gasteiger partial charge >= 0.3 is 13.6 Å². The van der Waals surface area contributed by atoms with Gasteiger partial charge in [-0.15, -0.1) is 0 Å². The molecule has 5 aromatic rings. The summed E-state index contributed by atoms with van der Waals surface area (Å²) in [5.41, 5.74) is 5.68. The van der Waals surface area contributed by atoms with Gasteiger partial charge in [0.05, 0.1) is 17.5 Å². The highest BCUT2D eigenvalue weighted by molar-refractivity contribution is 7.60. The van der Waals surface area contributed by atoms with E-state index in [0.717, 1.165) is 22.4 Å². The lowest BCUT2D eigenvalue weighted by Crippen LogP contribution is -2.30. The quantitative estimate of drug-likeness (QED) is 0.136. The molecule has 1 aliphatic heterocycles. The molecule has 8 nitrogen and oxygen atoms in total. The molecular formula is C37H36FN2O6P. The van der Waals surface area contributed by atoms with Crippen molar-refractivity contribution in [1.82, 2.24) is 4.90 Å². The van der Waals surface area contributed by atoms with Crippen LogP contribution in [0.4, 0.5) is 14.9 Å². The number of aliphatic hydroxyl groups excluding tert-OH is 1. The summed E-state index contributed by atoms with van der Waals surface area (Å²) in [7, 11) is -2.58. The summed E-state index contributed by atoms with van der Waals surface area (Å²) in [5, 5.41) is 20.2. The first kappa shape index (κ1) is 33.6. The maximum atomic E-state index is 13.1. The van der Waals surface area contributed by atoms with Crippen molar-refractivity contribution in [2.75, 3.05) is 18.5 Å². The maximum Gasteiger partial charge on any atom is 0.356 e. The van der Waals surface area contributed by atoms with Crippen LogP contribution in [0.2, 0.25) is 0 Å². The van der Waals surface area contributed by atoms with E-state index >= 15 is 0 Å². The van der Waals surface area contributed by atoms with Gasteiger partial charge in [-0.1, -0.05) is 85.8 Å². The van der Waals surface area contributed by atoms with Crippen molar-refractivity contribution in [3.63, 3.8) is 0 Å². The van der Waals surface area contributed by atoms with E-state index in [-0.39, 0.29) is 28.9 Å². The lowest BCUT2D eigenvalue weighted by Gasteiger charge is -2.24. The molecule has 0 bridgehead atoms. The molecule has 1 heterocycles. The number of amides is 2. The molecule has 10 heteroatoms. The summed E-state index contributed by atoms with van der Waals surface area (Å²) in [6.07, 6.45) is 0.196. The predicted octanol–water partition coefficient (Wildman–Crippen LogP) is 7.41. The second-order valence-electron chi connectivity index (χ2n) is 11.3. The maximum absolute atomic E-state index is 13.1. The predicted molar refractivity (Wildman–Crippen MR) is 182 cm³/mol. The molecule has 0 aromatic heterocycles. The Balaban J connectivity index is 0.000000335. The number of carbonyl (C=O) groups is 1. The fourth-order valence-corrected chi connectivity index (χ4v) is 6.02. The average Bonchev–Trinajstić information content (AvgIpc) is 3.38. The first-order valence-corrected chi connectivity index (χ1v) is 16.7. The van der Waals surface area contributed by atoms with E-state index in [1.807, 2.05) is 67.6 Å². The number of benzene rings is 5. The van der Waals surface area contributed by atoms with Gasteiger partial charge < -0.3 is 24.9 Å². The van der Waals surface area contributed by atoms with Crippen LogP contribution in [0.3, 0.4) is 0 Å². The van der Waals surface area contributed by atoms with E-state index in [0.29, 0.717) is 29.7 Å². The van der Waals surface area contributed by atoms with Crippen molar-refractivity contribution < 1.29 is 33.7 Å². The van der Waals surface area contributed by atoms with E-state index in [4.69, 9.17) is 0 Å². The molecule has 1 fully saturated rings. The summed E-state index contributed by atoms with van der Waals surface area (Å²) in [6.45, 7) is 2.30. The molecule has 0 aliphatic carbocycles.